The number of aromatic nitrogens is 2. The van der Waals surface area contributed by atoms with Crippen LogP contribution < -0.4 is 5.32 Å². The van der Waals surface area contributed by atoms with Crippen LogP contribution in [-0.2, 0) is 7.05 Å². The number of carbonyl (C=O) groups is 1. The topological polar surface area (TPSA) is 67.2 Å². The number of phenols is 1. The van der Waals surface area contributed by atoms with Gasteiger partial charge in [0.15, 0.2) is 0 Å². The Labute approximate surface area is 115 Å². The largest absolute Gasteiger partial charge is 0.507 e. The quantitative estimate of drug-likeness (QED) is 0.749. The number of phenolic OH excluding ortho intramolecular Hbond substituents is 1. The van der Waals surface area contributed by atoms with E-state index in [1.807, 2.05) is 24.3 Å². The lowest BCUT2D eigenvalue weighted by Crippen LogP contribution is -2.14. The molecule has 0 saturated heterocycles. The molecule has 1 amide bonds. The zero-order valence-electron chi connectivity index (χ0n) is 10.9. The number of aromatic hydroxyl groups is 1. The fourth-order valence-electron chi connectivity index (χ4n) is 2.09. The number of fused-ring (bicyclic) bond motifs is 1. The van der Waals surface area contributed by atoms with E-state index in [0.717, 1.165) is 10.8 Å². The first-order valence-electron chi connectivity index (χ1n) is 6.16. The minimum atomic E-state index is -0.364. The lowest BCUT2D eigenvalue weighted by molar-refractivity contribution is 0.102. The molecule has 3 rings (SSSR count). The number of nitrogens with zero attached hydrogens (tertiary/aromatic N) is 2. The van der Waals surface area contributed by atoms with Crippen molar-refractivity contribution in [1.82, 2.24) is 9.78 Å². The molecular formula is C15H13N3O2. The van der Waals surface area contributed by atoms with E-state index in [4.69, 9.17) is 0 Å². The summed E-state index contributed by atoms with van der Waals surface area (Å²) in [6, 6.07) is 12.5. The van der Waals surface area contributed by atoms with Gasteiger partial charge in [-0.25, -0.2) is 0 Å². The average molecular weight is 267 g/mol. The molecule has 3 aromatic rings. The summed E-state index contributed by atoms with van der Waals surface area (Å²) in [6.07, 6.45) is 1.59. The lowest BCUT2D eigenvalue weighted by Gasteiger charge is -2.08. The number of rotatable bonds is 2. The zero-order valence-corrected chi connectivity index (χ0v) is 10.9. The molecule has 0 saturated carbocycles. The molecule has 0 unspecified atom stereocenters. The summed E-state index contributed by atoms with van der Waals surface area (Å²) in [5.74, 6) is 0.169. The highest BCUT2D eigenvalue weighted by atomic mass is 16.3. The second-order valence-electron chi connectivity index (χ2n) is 4.51. The second-order valence-corrected chi connectivity index (χ2v) is 4.51. The molecule has 0 bridgehead atoms. The number of hydrogen-bond acceptors (Lipinski definition) is 3. The molecule has 1 aromatic heterocycles. The van der Waals surface area contributed by atoms with Crippen molar-refractivity contribution < 1.29 is 9.90 Å². The maximum Gasteiger partial charge on any atom is 0.260 e. The first-order valence-corrected chi connectivity index (χ1v) is 6.16. The van der Waals surface area contributed by atoms with Crippen LogP contribution in [-0.4, -0.2) is 20.8 Å². The monoisotopic (exact) mass is 267 g/mol. The Balaban J connectivity index is 1.99. The van der Waals surface area contributed by atoms with Crippen LogP contribution in [0.4, 0.5) is 5.82 Å². The average Bonchev–Trinajstić information content (AvgIpc) is 2.83. The molecule has 0 spiro atoms. The molecule has 0 radical (unpaired) electrons. The molecule has 0 aliphatic carbocycles. The van der Waals surface area contributed by atoms with Gasteiger partial charge < -0.3 is 10.4 Å². The Hall–Kier alpha value is -2.82. The van der Waals surface area contributed by atoms with Crippen LogP contribution in [0.5, 0.6) is 5.75 Å². The molecule has 5 heteroatoms. The molecule has 0 fully saturated rings. The third-order valence-electron chi connectivity index (χ3n) is 3.17. The van der Waals surface area contributed by atoms with Crippen LogP contribution in [0, 0.1) is 0 Å². The van der Waals surface area contributed by atoms with Gasteiger partial charge in [0, 0.05) is 13.1 Å². The van der Waals surface area contributed by atoms with Crippen LogP contribution in [0.3, 0.4) is 0 Å². The highest BCUT2D eigenvalue weighted by molar-refractivity contribution is 6.08. The maximum atomic E-state index is 12.2. The van der Waals surface area contributed by atoms with Crippen LogP contribution in [0.25, 0.3) is 10.8 Å². The van der Waals surface area contributed by atoms with Crippen molar-refractivity contribution >= 4 is 22.5 Å². The fraction of sp³-hybridized carbons (Fsp3) is 0.0667. The summed E-state index contributed by atoms with van der Waals surface area (Å²) in [5.41, 5.74) is 0.241. The first kappa shape index (κ1) is 12.2. The Morgan fingerprint density at radius 2 is 1.90 bits per heavy atom. The Bertz CT molecular complexity index is 793. The molecule has 0 aliphatic rings. The van der Waals surface area contributed by atoms with Crippen LogP contribution >= 0.6 is 0 Å². The van der Waals surface area contributed by atoms with Crippen molar-refractivity contribution in [1.29, 1.82) is 0 Å². The molecule has 5 nitrogen and oxygen atoms in total. The van der Waals surface area contributed by atoms with Gasteiger partial charge in [-0.15, -0.1) is 0 Å². The predicted octanol–water partition coefficient (Wildman–Crippen LogP) is 2.53. The molecule has 100 valence electrons. The molecular weight excluding hydrogens is 254 g/mol. The number of aryl methyl sites for hydroxylation is 1. The van der Waals surface area contributed by atoms with Gasteiger partial charge in [-0.1, -0.05) is 24.3 Å². The van der Waals surface area contributed by atoms with E-state index < -0.39 is 0 Å². The van der Waals surface area contributed by atoms with Crippen molar-refractivity contribution in [2.45, 2.75) is 0 Å². The van der Waals surface area contributed by atoms with E-state index in [-0.39, 0.29) is 17.2 Å². The molecule has 0 atom stereocenters. The van der Waals surface area contributed by atoms with Crippen LogP contribution in [0.2, 0.25) is 0 Å². The minimum absolute atomic E-state index is 0.0385. The first-order chi connectivity index (χ1) is 9.65. The van der Waals surface area contributed by atoms with Gasteiger partial charge in [0.05, 0.1) is 11.8 Å². The molecule has 1 heterocycles. The Morgan fingerprint density at radius 1 is 1.20 bits per heavy atom. The van der Waals surface area contributed by atoms with Crippen molar-refractivity contribution in [3.8, 4) is 5.75 Å². The Kier molecular flexibility index (Phi) is 2.87. The van der Waals surface area contributed by atoms with E-state index in [1.165, 1.54) is 0 Å². The van der Waals surface area contributed by atoms with Gasteiger partial charge in [0.25, 0.3) is 5.91 Å². The highest BCUT2D eigenvalue weighted by Crippen LogP contribution is 2.25. The number of carbonyl (C=O) groups excluding carboxylic acids is 1. The van der Waals surface area contributed by atoms with E-state index >= 15 is 0 Å². The van der Waals surface area contributed by atoms with Crippen LogP contribution in [0.15, 0.2) is 48.7 Å². The molecule has 0 aliphatic heterocycles. The summed E-state index contributed by atoms with van der Waals surface area (Å²) < 4.78 is 1.55. The van der Waals surface area contributed by atoms with Gasteiger partial charge in [-0.05, 0) is 22.9 Å². The normalized spacial score (nSPS) is 10.7. The van der Waals surface area contributed by atoms with Crippen molar-refractivity contribution in [3.05, 3.63) is 54.2 Å². The summed E-state index contributed by atoms with van der Waals surface area (Å²) in [5, 5.41) is 18.5. The number of anilines is 1. The van der Waals surface area contributed by atoms with E-state index in [2.05, 4.69) is 10.4 Å². The summed E-state index contributed by atoms with van der Waals surface area (Å²) in [7, 11) is 1.73. The van der Waals surface area contributed by atoms with Crippen molar-refractivity contribution in [2.24, 2.45) is 7.05 Å². The fourth-order valence-corrected chi connectivity index (χ4v) is 2.09. The van der Waals surface area contributed by atoms with E-state index in [9.17, 15) is 9.90 Å². The van der Waals surface area contributed by atoms with Crippen molar-refractivity contribution in [2.75, 3.05) is 5.32 Å². The summed E-state index contributed by atoms with van der Waals surface area (Å²) >= 11 is 0. The van der Waals surface area contributed by atoms with Crippen LogP contribution in [0.1, 0.15) is 10.4 Å². The SMILES string of the molecule is Cn1nccc1NC(=O)c1cc2ccccc2cc1O. The molecule has 2 N–H and O–H groups in total. The summed E-state index contributed by atoms with van der Waals surface area (Å²) in [4.78, 5) is 12.2. The van der Waals surface area contributed by atoms with Gasteiger partial charge in [-0.2, -0.15) is 5.10 Å². The number of nitrogens with one attached hydrogen (secondary N) is 1. The maximum absolute atomic E-state index is 12.2. The van der Waals surface area contributed by atoms with E-state index in [1.54, 1.807) is 36.1 Å². The summed E-state index contributed by atoms with van der Waals surface area (Å²) in [6.45, 7) is 0. The number of amides is 1. The van der Waals surface area contributed by atoms with E-state index in [0.29, 0.717) is 5.82 Å². The minimum Gasteiger partial charge on any atom is -0.507 e. The third-order valence-corrected chi connectivity index (χ3v) is 3.17. The smallest absolute Gasteiger partial charge is 0.260 e. The van der Waals surface area contributed by atoms with Gasteiger partial charge in [0.2, 0.25) is 0 Å². The predicted molar refractivity (Wildman–Crippen MR) is 76.8 cm³/mol. The zero-order chi connectivity index (χ0) is 14.1. The van der Waals surface area contributed by atoms with Gasteiger partial charge >= 0.3 is 0 Å². The standard InChI is InChI=1S/C15H13N3O2/c1-18-14(6-7-16-18)17-15(20)12-8-10-4-2-3-5-11(10)9-13(12)19/h2-9,19H,1H3,(H,17,20). The molecule has 2 aromatic carbocycles. The van der Waals surface area contributed by atoms with Gasteiger partial charge in [0.1, 0.15) is 11.6 Å². The highest BCUT2D eigenvalue weighted by Gasteiger charge is 2.13. The number of hydrogen-bond donors (Lipinski definition) is 2. The number of benzene rings is 2. The third kappa shape index (κ3) is 2.09. The Morgan fingerprint density at radius 3 is 2.55 bits per heavy atom. The lowest BCUT2D eigenvalue weighted by atomic mass is 10.1. The van der Waals surface area contributed by atoms with Crippen molar-refractivity contribution in [3.63, 3.8) is 0 Å². The second kappa shape index (κ2) is 4.70. The molecule has 20 heavy (non-hydrogen) atoms. The van der Waals surface area contributed by atoms with Gasteiger partial charge in [-0.3, -0.25) is 9.48 Å².